The predicted molar refractivity (Wildman–Crippen MR) is 229 cm³/mol. The Morgan fingerprint density at radius 3 is 1.92 bits per heavy atom. The molecule has 0 unspecified atom stereocenters. The van der Waals surface area contributed by atoms with Gasteiger partial charge in [-0.1, -0.05) is 117 Å². The normalized spacial score (nSPS) is 14.5. The van der Waals surface area contributed by atoms with Gasteiger partial charge in [0, 0.05) is 36.8 Å². The van der Waals surface area contributed by atoms with Gasteiger partial charge in [-0.25, -0.2) is 0 Å². The molecule has 0 aliphatic heterocycles. The molecule has 0 radical (unpaired) electrons. The maximum absolute atomic E-state index is 2.53. The van der Waals surface area contributed by atoms with Gasteiger partial charge in [0.05, 0.1) is 11.0 Å². The molecule has 2 heterocycles. The molecule has 0 atom stereocenters. The molecule has 0 spiro atoms. The Kier molecular flexibility index (Phi) is 5.90. The van der Waals surface area contributed by atoms with Gasteiger partial charge in [0.25, 0.3) is 0 Å². The van der Waals surface area contributed by atoms with Gasteiger partial charge in [0.2, 0.25) is 0 Å². The first kappa shape index (κ1) is 29.6. The highest BCUT2D eigenvalue weighted by Crippen LogP contribution is 2.51. The average Bonchev–Trinajstić information content (AvgIpc) is 3.81. The van der Waals surface area contributed by atoms with E-state index in [1.807, 2.05) is 11.3 Å². The van der Waals surface area contributed by atoms with Crippen LogP contribution >= 0.6 is 11.3 Å². The Hall–Kier alpha value is -5.96. The number of fused-ring (bicyclic) bond motifs is 15. The predicted octanol–water partition coefficient (Wildman–Crippen LogP) is 14.4. The lowest BCUT2D eigenvalue weighted by molar-refractivity contribution is 0.661. The third kappa shape index (κ3) is 4.02. The molecule has 2 aliphatic rings. The van der Waals surface area contributed by atoms with E-state index in [1.54, 1.807) is 0 Å². The van der Waals surface area contributed by atoms with Crippen LogP contribution in [0.1, 0.15) is 41.8 Å². The van der Waals surface area contributed by atoms with Crippen LogP contribution in [-0.2, 0) is 11.8 Å². The summed E-state index contributed by atoms with van der Waals surface area (Å²) in [5.74, 6) is 0. The second-order valence-electron chi connectivity index (χ2n) is 15.6. The van der Waals surface area contributed by atoms with Crippen LogP contribution in [0.4, 0.5) is 0 Å². The highest BCUT2D eigenvalue weighted by atomic mass is 32.1. The minimum absolute atomic E-state index is 0.0863. The van der Waals surface area contributed by atoms with Gasteiger partial charge in [-0.05, 0) is 133 Å². The van der Waals surface area contributed by atoms with E-state index in [1.165, 1.54) is 114 Å². The highest BCUT2D eigenvalue weighted by molar-refractivity contribution is 7.19. The fourth-order valence-corrected chi connectivity index (χ4v) is 11.0. The van der Waals surface area contributed by atoms with E-state index in [0.717, 1.165) is 12.8 Å². The first-order valence-corrected chi connectivity index (χ1v) is 19.6. The van der Waals surface area contributed by atoms with Gasteiger partial charge in [-0.3, -0.25) is 0 Å². The van der Waals surface area contributed by atoms with Gasteiger partial charge in [0.1, 0.15) is 0 Å². The second-order valence-corrected chi connectivity index (χ2v) is 16.7. The summed E-state index contributed by atoms with van der Waals surface area (Å²) in [5, 5.41) is 11.8. The molecule has 2 aliphatic carbocycles. The van der Waals surface area contributed by atoms with Gasteiger partial charge >= 0.3 is 0 Å². The quantitative estimate of drug-likeness (QED) is 0.159. The number of hydrogen-bond donors (Lipinski definition) is 0. The monoisotopic (exact) mass is 693 g/mol. The van der Waals surface area contributed by atoms with Crippen LogP contribution in [0, 0.1) is 0 Å². The van der Waals surface area contributed by atoms with Gasteiger partial charge in [0.15, 0.2) is 0 Å². The molecular weight excluding hydrogens is 659 g/mol. The molecule has 10 aromatic rings. The SMILES string of the molecule is CC1(C)c2ccccc2-c2cc3c4cc5c6ccccc6c6ccccc6c5cc4n(-c4ccc(-c5ccc6sc7c(c6c5)C=CCC7)cc4)c3cc21. The summed E-state index contributed by atoms with van der Waals surface area (Å²) >= 11 is 1.96. The number of aryl methyl sites for hydroxylation is 1. The zero-order valence-corrected chi connectivity index (χ0v) is 30.5. The zero-order valence-electron chi connectivity index (χ0n) is 29.7. The van der Waals surface area contributed by atoms with Crippen molar-refractivity contribution in [2.24, 2.45) is 0 Å². The summed E-state index contributed by atoms with van der Waals surface area (Å²) in [6.07, 6.45) is 6.96. The van der Waals surface area contributed by atoms with Crippen LogP contribution in [0.2, 0.25) is 0 Å². The first-order valence-electron chi connectivity index (χ1n) is 18.8. The number of hydrogen-bond acceptors (Lipinski definition) is 1. The van der Waals surface area contributed by atoms with E-state index in [2.05, 4.69) is 170 Å². The van der Waals surface area contributed by atoms with Crippen molar-refractivity contribution < 1.29 is 0 Å². The van der Waals surface area contributed by atoms with Crippen molar-refractivity contribution in [2.45, 2.75) is 32.1 Å². The van der Waals surface area contributed by atoms with Gasteiger partial charge in [-0.2, -0.15) is 0 Å². The van der Waals surface area contributed by atoms with E-state index < -0.39 is 0 Å². The van der Waals surface area contributed by atoms with Crippen LogP contribution in [-0.4, -0.2) is 4.57 Å². The molecule has 53 heavy (non-hydrogen) atoms. The molecule has 12 rings (SSSR count). The summed E-state index contributed by atoms with van der Waals surface area (Å²) in [6, 6.07) is 53.1. The lowest BCUT2D eigenvalue weighted by atomic mass is 9.82. The minimum Gasteiger partial charge on any atom is -0.309 e. The summed E-state index contributed by atoms with van der Waals surface area (Å²) in [5.41, 5.74) is 13.1. The van der Waals surface area contributed by atoms with Gasteiger partial charge in [-0.15, -0.1) is 11.3 Å². The molecule has 0 fully saturated rings. The molecule has 2 heteroatoms. The lowest BCUT2D eigenvalue weighted by Gasteiger charge is -2.21. The van der Waals surface area contributed by atoms with Crippen molar-refractivity contribution in [1.82, 2.24) is 4.57 Å². The Morgan fingerprint density at radius 2 is 1.15 bits per heavy atom. The third-order valence-electron chi connectivity index (χ3n) is 12.4. The number of thiophene rings is 1. The summed E-state index contributed by atoms with van der Waals surface area (Å²) in [6.45, 7) is 4.77. The van der Waals surface area contributed by atoms with Crippen molar-refractivity contribution in [3.05, 3.63) is 167 Å². The van der Waals surface area contributed by atoms with Crippen LogP contribution in [0.15, 0.2) is 146 Å². The van der Waals surface area contributed by atoms with Crippen molar-refractivity contribution in [2.75, 3.05) is 0 Å². The standard InChI is InChI=1S/C51H35NS/c1-51(2)45-17-9-7-15-37(45)41-27-43-42-26-39-35-13-5-3-11-33(35)34-12-4-6-14-36(34)40(39)28-47(42)52(48(43)29-46(41)51)32-22-19-30(20-23-32)31-21-24-50-44(25-31)38-16-8-10-18-49(38)53-50/h3-9,11-17,19-29H,10,18H2,1-2H3. The number of benzene rings is 8. The Bertz CT molecular complexity index is 3240. The maximum Gasteiger partial charge on any atom is 0.0547 e. The average molecular weight is 694 g/mol. The molecular formula is C51H35NS. The maximum atomic E-state index is 2.53. The van der Waals surface area contributed by atoms with Crippen LogP contribution in [0.5, 0.6) is 0 Å². The number of allylic oxidation sites excluding steroid dienone is 1. The smallest absolute Gasteiger partial charge is 0.0547 e. The third-order valence-corrected chi connectivity index (χ3v) is 13.7. The molecule has 0 saturated carbocycles. The Morgan fingerprint density at radius 1 is 0.509 bits per heavy atom. The fraction of sp³-hybridized carbons (Fsp3) is 0.0980. The zero-order chi connectivity index (χ0) is 35.0. The molecule has 250 valence electrons. The second kappa shape index (κ2) is 10.6. The molecule has 0 saturated heterocycles. The number of aromatic nitrogens is 1. The van der Waals surface area contributed by atoms with Crippen LogP contribution in [0.25, 0.3) is 98.2 Å². The lowest BCUT2D eigenvalue weighted by Crippen LogP contribution is -2.14. The molecule has 8 aromatic carbocycles. The van der Waals surface area contributed by atoms with Crippen molar-refractivity contribution >= 4 is 81.6 Å². The summed E-state index contributed by atoms with van der Waals surface area (Å²) < 4.78 is 3.91. The van der Waals surface area contributed by atoms with Crippen molar-refractivity contribution in [1.29, 1.82) is 0 Å². The molecule has 1 nitrogen and oxygen atoms in total. The topological polar surface area (TPSA) is 4.93 Å². The number of rotatable bonds is 2. The largest absolute Gasteiger partial charge is 0.309 e. The Balaban J connectivity index is 1.14. The van der Waals surface area contributed by atoms with E-state index in [-0.39, 0.29) is 5.41 Å². The van der Waals surface area contributed by atoms with Crippen molar-refractivity contribution in [3.63, 3.8) is 0 Å². The van der Waals surface area contributed by atoms with Crippen molar-refractivity contribution in [3.8, 4) is 27.9 Å². The van der Waals surface area contributed by atoms with E-state index in [4.69, 9.17) is 0 Å². The molecule has 0 N–H and O–H groups in total. The van der Waals surface area contributed by atoms with E-state index >= 15 is 0 Å². The number of nitrogens with zero attached hydrogens (tertiary/aromatic N) is 1. The van der Waals surface area contributed by atoms with Crippen LogP contribution < -0.4 is 0 Å². The molecule has 0 amide bonds. The minimum atomic E-state index is -0.0863. The molecule has 2 aromatic heterocycles. The summed E-state index contributed by atoms with van der Waals surface area (Å²) in [4.78, 5) is 1.52. The highest BCUT2D eigenvalue weighted by Gasteiger charge is 2.36. The van der Waals surface area contributed by atoms with E-state index in [0.29, 0.717) is 0 Å². The van der Waals surface area contributed by atoms with Gasteiger partial charge < -0.3 is 4.57 Å². The molecule has 0 bridgehead atoms. The summed E-state index contributed by atoms with van der Waals surface area (Å²) in [7, 11) is 0. The Labute approximate surface area is 312 Å². The van der Waals surface area contributed by atoms with E-state index in [9.17, 15) is 0 Å². The first-order chi connectivity index (χ1) is 26.0. The fourth-order valence-electron chi connectivity index (χ4n) is 9.82. The van der Waals surface area contributed by atoms with Crippen LogP contribution in [0.3, 0.4) is 0 Å².